The summed E-state index contributed by atoms with van der Waals surface area (Å²) in [6.07, 6.45) is 0. The van der Waals surface area contributed by atoms with Crippen LogP contribution in [0.5, 0.6) is 0 Å². The minimum Gasteiger partial charge on any atom is -0.456 e. The summed E-state index contributed by atoms with van der Waals surface area (Å²) in [4.78, 5) is 0. The Morgan fingerprint density at radius 1 is 0.378 bits per heavy atom. The number of aromatic nitrogens is 2. The van der Waals surface area contributed by atoms with E-state index in [0.717, 1.165) is 33.3 Å². The summed E-state index contributed by atoms with van der Waals surface area (Å²) in [5.41, 5.74) is 11.3. The second kappa shape index (κ2) is 9.22. The topological polar surface area (TPSA) is 23.0 Å². The third kappa shape index (κ3) is 3.41. The molecule has 0 spiro atoms. The first-order chi connectivity index (χ1) is 22.3. The van der Waals surface area contributed by atoms with Crippen molar-refractivity contribution in [3.63, 3.8) is 0 Å². The molecule has 0 unspecified atom stereocenters. The number of fused-ring (bicyclic) bond motifs is 10. The van der Waals surface area contributed by atoms with Crippen LogP contribution in [-0.2, 0) is 0 Å². The molecule has 3 nitrogen and oxygen atoms in total. The predicted octanol–water partition coefficient (Wildman–Crippen LogP) is 11.4. The fraction of sp³-hybridized carbons (Fsp3) is 0. The Bertz CT molecular complexity index is 2740. The Hall–Kier alpha value is -6.06. The molecule has 3 aromatic heterocycles. The van der Waals surface area contributed by atoms with Gasteiger partial charge in [0.15, 0.2) is 0 Å². The first-order valence-electron chi connectivity index (χ1n) is 15.4. The van der Waals surface area contributed by atoms with Crippen molar-refractivity contribution in [2.45, 2.75) is 0 Å². The summed E-state index contributed by atoms with van der Waals surface area (Å²) < 4.78 is 11.1. The van der Waals surface area contributed by atoms with Gasteiger partial charge in [0.25, 0.3) is 0 Å². The maximum absolute atomic E-state index is 6.22. The van der Waals surface area contributed by atoms with Gasteiger partial charge >= 0.3 is 0 Å². The van der Waals surface area contributed by atoms with Gasteiger partial charge in [0, 0.05) is 49.3 Å². The Kier molecular flexibility index (Phi) is 5.00. The van der Waals surface area contributed by atoms with Crippen LogP contribution < -0.4 is 0 Å². The maximum atomic E-state index is 6.22. The molecule has 0 saturated heterocycles. The number of rotatable bonds is 3. The van der Waals surface area contributed by atoms with Gasteiger partial charge in [-0.1, -0.05) is 103 Å². The third-order valence-corrected chi connectivity index (χ3v) is 9.29. The number of benzene rings is 7. The van der Waals surface area contributed by atoms with Crippen molar-refractivity contribution in [3.05, 3.63) is 158 Å². The molecular formula is C42H26N2O. The number of hydrogen-bond donors (Lipinski definition) is 0. The highest BCUT2D eigenvalue weighted by atomic mass is 16.3. The van der Waals surface area contributed by atoms with Crippen molar-refractivity contribution in [1.82, 2.24) is 9.13 Å². The molecule has 10 aromatic rings. The fourth-order valence-corrected chi connectivity index (χ4v) is 7.43. The van der Waals surface area contributed by atoms with Crippen molar-refractivity contribution in [2.75, 3.05) is 0 Å². The lowest BCUT2D eigenvalue weighted by Gasteiger charge is -2.14. The van der Waals surface area contributed by atoms with Crippen molar-refractivity contribution in [1.29, 1.82) is 0 Å². The van der Waals surface area contributed by atoms with Gasteiger partial charge in [-0.25, -0.2) is 0 Å². The van der Waals surface area contributed by atoms with Gasteiger partial charge < -0.3 is 13.6 Å². The average Bonchev–Trinajstić information content (AvgIpc) is 3.76. The molecule has 7 aromatic carbocycles. The highest BCUT2D eigenvalue weighted by Gasteiger charge is 2.24. The third-order valence-electron chi connectivity index (χ3n) is 9.29. The molecule has 0 N–H and O–H groups in total. The van der Waals surface area contributed by atoms with Gasteiger partial charge in [0.1, 0.15) is 11.2 Å². The minimum absolute atomic E-state index is 0.902. The lowest BCUT2D eigenvalue weighted by atomic mass is 9.97. The molecule has 45 heavy (non-hydrogen) atoms. The lowest BCUT2D eigenvalue weighted by molar-refractivity contribution is 0.669. The second-order valence-electron chi connectivity index (χ2n) is 11.7. The Labute approximate surface area is 258 Å². The zero-order chi connectivity index (χ0) is 29.5. The van der Waals surface area contributed by atoms with Crippen LogP contribution in [0.1, 0.15) is 0 Å². The largest absolute Gasteiger partial charge is 0.456 e. The highest BCUT2D eigenvalue weighted by molar-refractivity contribution is 6.31. The standard InChI is InChI=1S/C42H26N2O/c1-3-13-27(14-4-1)33-26-37-40(41-32-19-8-11-21-36(32)44(42(33)41)28-15-5-2-6-16-28)31-18-7-10-20-35(31)43(37)29-23-24-39-34(25-29)30-17-9-12-22-38(30)45-39/h1-26H. The van der Waals surface area contributed by atoms with Gasteiger partial charge in [-0.3, -0.25) is 0 Å². The van der Waals surface area contributed by atoms with E-state index in [9.17, 15) is 0 Å². The van der Waals surface area contributed by atoms with Gasteiger partial charge in [-0.05, 0) is 60.2 Å². The van der Waals surface area contributed by atoms with E-state index in [1.165, 1.54) is 54.7 Å². The van der Waals surface area contributed by atoms with Crippen LogP contribution in [0.15, 0.2) is 162 Å². The molecule has 0 atom stereocenters. The summed E-state index contributed by atoms with van der Waals surface area (Å²) in [7, 11) is 0. The van der Waals surface area contributed by atoms with Crippen LogP contribution >= 0.6 is 0 Å². The van der Waals surface area contributed by atoms with Crippen molar-refractivity contribution in [3.8, 4) is 22.5 Å². The summed E-state index contributed by atoms with van der Waals surface area (Å²) in [6, 6.07) is 56.5. The SMILES string of the molecule is c1ccc(-c2cc3c(c4ccccc4n3-c3ccc4oc5ccccc5c4c3)c3c4ccccc4n(-c4ccccc4)c23)cc1. The van der Waals surface area contributed by atoms with Crippen LogP contribution in [0.2, 0.25) is 0 Å². The van der Waals surface area contributed by atoms with Crippen molar-refractivity contribution < 1.29 is 4.42 Å². The summed E-state index contributed by atoms with van der Waals surface area (Å²) in [6.45, 7) is 0. The second-order valence-corrected chi connectivity index (χ2v) is 11.7. The molecule has 0 fully saturated rings. The monoisotopic (exact) mass is 574 g/mol. The predicted molar refractivity (Wildman–Crippen MR) is 188 cm³/mol. The summed E-state index contributed by atoms with van der Waals surface area (Å²) in [5.74, 6) is 0. The normalized spacial score (nSPS) is 12.0. The molecule has 0 amide bonds. The van der Waals surface area contributed by atoms with Crippen LogP contribution in [-0.4, -0.2) is 9.13 Å². The number of hydrogen-bond acceptors (Lipinski definition) is 1. The van der Waals surface area contributed by atoms with E-state index in [1.54, 1.807) is 0 Å². The van der Waals surface area contributed by atoms with Crippen LogP contribution in [0, 0.1) is 0 Å². The molecule has 3 heteroatoms. The highest BCUT2D eigenvalue weighted by Crippen LogP contribution is 2.46. The van der Waals surface area contributed by atoms with E-state index in [2.05, 4.69) is 155 Å². The van der Waals surface area contributed by atoms with E-state index in [-0.39, 0.29) is 0 Å². The molecule has 3 heterocycles. The quantitative estimate of drug-likeness (QED) is 0.206. The van der Waals surface area contributed by atoms with Crippen molar-refractivity contribution >= 4 is 65.6 Å². The zero-order valence-electron chi connectivity index (χ0n) is 24.3. The first kappa shape index (κ1) is 24.4. The van der Waals surface area contributed by atoms with Crippen LogP contribution in [0.25, 0.3) is 88.1 Å². The van der Waals surface area contributed by atoms with Gasteiger partial charge in [-0.2, -0.15) is 0 Å². The molecule has 0 bridgehead atoms. The molecule has 0 aliphatic carbocycles. The smallest absolute Gasteiger partial charge is 0.135 e. The summed E-state index contributed by atoms with van der Waals surface area (Å²) in [5, 5.41) is 7.29. The maximum Gasteiger partial charge on any atom is 0.135 e. The number of furan rings is 1. The van der Waals surface area contributed by atoms with E-state index < -0.39 is 0 Å². The van der Waals surface area contributed by atoms with Gasteiger partial charge in [-0.15, -0.1) is 0 Å². The zero-order valence-corrected chi connectivity index (χ0v) is 24.3. The number of nitrogens with zero attached hydrogens (tertiary/aromatic N) is 2. The molecular weight excluding hydrogens is 548 g/mol. The van der Waals surface area contributed by atoms with Gasteiger partial charge in [0.2, 0.25) is 0 Å². The molecule has 0 saturated carbocycles. The van der Waals surface area contributed by atoms with Crippen LogP contribution in [0.3, 0.4) is 0 Å². The van der Waals surface area contributed by atoms with Crippen molar-refractivity contribution in [2.24, 2.45) is 0 Å². The van der Waals surface area contributed by atoms with E-state index in [4.69, 9.17) is 4.42 Å². The molecule has 0 aliphatic heterocycles. The number of para-hydroxylation sites is 4. The van der Waals surface area contributed by atoms with Crippen LogP contribution in [0.4, 0.5) is 0 Å². The minimum atomic E-state index is 0.902. The van der Waals surface area contributed by atoms with Gasteiger partial charge in [0.05, 0.1) is 22.1 Å². The molecule has 210 valence electrons. The Morgan fingerprint density at radius 3 is 1.76 bits per heavy atom. The average molecular weight is 575 g/mol. The Balaban J connectivity index is 1.43. The summed E-state index contributed by atoms with van der Waals surface area (Å²) >= 11 is 0. The van der Waals surface area contributed by atoms with E-state index >= 15 is 0 Å². The lowest BCUT2D eigenvalue weighted by Crippen LogP contribution is -1.97. The van der Waals surface area contributed by atoms with E-state index in [1.807, 2.05) is 12.1 Å². The fourth-order valence-electron chi connectivity index (χ4n) is 7.43. The molecule has 0 radical (unpaired) electrons. The Morgan fingerprint density at radius 2 is 0.978 bits per heavy atom. The molecule has 0 aliphatic rings. The first-order valence-corrected chi connectivity index (χ1v) is 15.4. The molecule has 10 rings (SSSR count). The van der Waals surface area contributed by atoms with E-state index in [0.29, 0.717) is 0 Å².